The molecule has 0 unspecified atom stereocenters. The van der Waals surface area contributed by atoms with Gasteiger partial charge in [-0.3, -0.25) is 14.1 Å². The molecular weight excluding hydrogens is 458 g/mol. The van der Waals surface area contributed by atoms with Crippen LogP contribution in [0.4, 0.5) is 10.5 Å². The SMILES string of the molecule is Cn1c(-c2sccc2NS(=O)(=O)c2ccc3ccccc3c2)nc(OC(=O)O)c(O)c1=O. The number of hydrogen-bond acceptors (Lipinski definition) is 8. The van der Waals surface area contributed by atoms with Crippen molar-refractivity contribution in [3.63, 3.8) is 0 Å². The maximum absolute atomic E-state index is 13.0. The van der Waals surface area contributed by atoms with Crippen molar-refractivity contribution in [3.05, 3.63) is 64.3 Å². The van der Waals surface area contributed by atoms with Crippen molar-refractivity contribution in [2.45, 2.75) is 4.90 Å². The van der Waals surface area contributed by atoms with E-state index in [1.807, 2.05) is 12.1 Å². The Morgan fingerprint density at radius 3 is 2.59 bits per heavy atom. The van der Waals surface area contributed by atoms with Gasteiger partial charge in [0, 0.05) is 7.05 Å². The molecule has 2 aromatic heterocycles. The number of aromatic hydroxyl groups is 1. The number of sulfonamides is 1. The molecule has 2 aromatic carbocycles. The number of hydrogen-bond donors (Lipinski definition) is 3. The summed E-state index contributed by atoms with van der Waals surface area (Å²) in [7, 11) is -2.70. The summed E-state index contributed by atoms with van der Waals surface area (Å²) in [6, 6.07) is 13.5. The smallest absolute Gasteiger partial charge is 0.499 e. The lowest BCUT2D eigenvalue weighted by molar-refractivity contribution is 0.140. The van der Waals surface area contributed by atoms with E-state index in [4.69, 9.17) is 5.11 Å². The summed E-state index contributed by atoms with van der Waals surface area (Å²) in [6.07, 6.45) is -1.77. The van der Waals surface area contributed by atoms with Crippen molar-refractivity contribution in [1.82, 2.24) is 9.55 Å². The van der Waals surface area contributed by atoms with Crippen LogP contribution in [-0.2, 0) is 17.1 Å². The molecule has 2 heterocycles. The van der Waals surface area contributed by atoms with E-state index >= 15 is 0 Å². The zero-order valence-electron chi connectivity index (χ0n) is 16.3. The third-order valence-corrected chi connectivity index (χ3v) is 6.84. The highest BCUT2D eigenvalue weighted by molar-refractivity contribution is 7.92. The van der Waals surface area contributed by atoms with Crippen LogP contribution in [0.3, 0.4) is 0 Å². The van der Waals surface area contributed by atoms with Gasteiger partial charge in [0.2, 0.25) is 5.75 Å². The average molecular weight is 473 g/mol. The maximum Gasteiger partial charge on any atom is 0.512 e. The number of benzene rings is 2. The van der Waals surface area contributed by atoms with Crippen molar-refractivity contribution in [2.75, 3.05) is 4.72 Å². The lowest BCUT2D eigenvalue weighted by atomic mass is 10.1. The summed E-state index contributed by atoms with van der Waals surface area (Å²) >= 11 is 1.06. The van der Waals surface area contributed by atoms with Gasteiger partial charge in [-0.2, -0.15) is 4.98 Å². The van der Waals surface area contributed by atoms with Gasteiger partial charge in [0.25, 0.3) is 21.5 Å². The number of rotatable bonds is 5. The Morgan fingerprint density at radius 2 is 1.88 bits per heavy atom. The average Bonchev–Trinajstić information content (AvgIpc) is 3.20. The molecule has 32 heavy (non-hydrogen) atoms. The van der Waals surface area contributed by atoms with E-state index in [0.29, 0.717) is 0 Å². The molecule has 4 aromatic rings. The third kappa shape index (κ3) is 3.88. The standard InChI is InChI=1S/C20H15N3O7S2/c1-23-17(21-18(30-20(26)27)15(24)19(23)25)16-14(8-9-31-16)22-32(28,29)13-7-6-11-4-2-3-5-12(11)10-13/h2-10,22,24H,1H3,(H,26,27). The number of thiophene rings is 1. The zero-order chi connectivity index (χ0) is 23.0. The molecule has 0 saturated heterocycles. The van der Waals surface area contributed by atoms with E-state index in [0.717, 1.165) is 26.7 Å². The van der Waals surface area contributed by atoms with Gasteiger partial charge >= 0.3 is 6.16 Å². The van der Waals surface area contributed by atoms with Gasteiger partial charge < -0.3 is 14.9 Å². The highest BCUT2D eigenvalue weighted by Crippen LogP contribution is 2.35. The van der Waals surface area contributed by atoms with Crippen LogP contribution in [0, 0.1) is 0 Å². The molecule has 0 spiro atoms. The Balaban J connectivity index is 1.76. The van der Waals surface area contributed by atoms with Crippen LogP contribution in [0.15, 0.2) is 63.6 Å². The minimum atomic E-state index is -4.00. The predicted octanol–water partition coefficient (Wildman–Crippen LogP) is 3.23. The highest BCUT2D eigenvalue weighted by Gasteiger charge is 2.23. The summed E-state index contributed by atoms with van der Waals surface area (Å²) in [4.78, 5) is 27.3. The first kappa shape index (κ1) is 21.3. The minimum absolute atomic E-state index is 0.0378. The van der Waals surface area contributed by atoms with Gasteiger partial charge in [-0.15, -0.1) is 11.3 Å². The van der Waals surface area contributed by atoms with Crippen molar-refractivity contribution in [1.29, 1.82) is 0 Å². The number of fused-ring (bicyclic) bond motifs is 1. The van der Waals surface area contributed by atoms with Crippen LogP contribution in [-0.4, -0.2) is 34.3 Å². The quantitative estimate of drug-likeness (QED) is 0.374. The Hall–Kier alpha value is -3.90. The van der Waals surface area contributed by atoms with Crippen LogP contribution in [0.2, 0.25) is 0 Å². The lowest BCUT2D eigenvalue weighted by Gasteiger charge is -2.12. The van der Waals surface area contributed by atoms with Crippen molar-refractivity contribution in [2.24, 2.45) is 7.05 Å². The fourth-order valence-corrected chi connectivity index (χ4v) is 5.07. The summed E-state index contributed by atoms with van der Waals surface area (Å²) in [5, 5.41) is 21.9. The van der Waals surface area contributed by atoms with Crippen molar-refractivity contribution < 1.29 is 28.2 Å². The molecule has 0 radical (unpaired) electrons. The largest absolute Gasteiger partial charge is 0.512 e. The summed E-state index contributed by atoms with van der Waals surface area (Å²) < 4.78 is 33.8. The molecule has 10 nitrogen and oxygen atoms in total. The van der Waals surface area contributed by atoms with Crippen LogP contribution in [0.25, 0.3) is 21.5 Å². The topological polar surface area (TPSA) is 148 Å². The number of anilines is 1. The maximum atomic E-state index is 13.0. The number of carbonyl (C=O) groups is 1. The third-order valence-electron chi connectivity index (χ3n) is 4.56. The van der Waals surface area contributed by atoms with Crippen LogP contribution < -0.4 is 15.0 Å². The first-order valence-corrected chi connectivity index (χ1v) is 11.3. The first-order chi connectivity index (χ1) is 15.2. The van der Waals surface area contributed by atoms with Gasteiger partial charge in [0.1, 0.15) is 0 Å². The molecule has 3 N–H and O–H groups in total. The van der Waals surface area contributed by atoms with E-state index in [-0.39, 0.29) is 21.3 Å². The molecule has 0 saturated carbocycles. The molecule has 0 atom stereocenters. The Morgan fingerprint density at radius 1 is 1.16 bits per heavy atom. The molecule has 0 aliphatic rings. The second kappa shape index (κ2) is 7.98. The van der Waals surface area contributed by atoms with E-state index < -0.39 is 33.4 Å². The molecule has 0 aliphatic heterocycles. The molecule has 0 aliphatic carbocycles. The molecule has 12 heteroatoms. The summed E-state index contributed by atoms with van der Waals surface area (Å²) in [5.41, 5.74) is -0.833. The van der Waals surface area contributed by atoms with Crippen LogP contribution in [0.1, 0.15) is 0 Å². The second-order valence-corrected chi connectivity index (χ2v) is 9.20. The number of nitrogens with one attached hydrogen (secondary N) is 1. The Kier molecular flexibility index (Phi) is 5.32. The molecule has 0 fully saturated rings. The normalized spacial score (nSPS) is 11.4. The van der Waals surface area contributed by atoms with Gasteiger partial charge in [-0.1, -0.05) is 30.3 Å². The monoisotopic (exact) mass is 473 g/mol. The van der Waals surface area contributed by atoms with Gasteiger partial charge in [0.15, 0.2) is 5.82 Å². The Labute approximate surface area is 185 Å². The number of ether oxygens (including phenoxy) is 1. The minimum Gasteiger partial charge on any atom is -0.499 e. The van der Waals surface area contributed by atoms with Crippen molar-refractivity contribution in [3.8, 4) is 22.3 Å². The van der Waals surface area contributed by atoms with E-state index in [9.17, 15) is 23.1 Å². The molecule has 164 valence electrons. The van der Waals surface area contributed by atoms with E-state index in [2.05, 4.69) is 14.4 Å². The lowest BCUT2D eigenvalue weighted by Crippen LogP contribution is -2.22. The Bertz CT molecular complexity index is 1520. The van der Waals surface area contributed by atoms with Gasteiger partial charge in [0.05, 0.1) is 15.5 Å². The second-order valence-electron chi connectivity index (χ2n) is 6.60. The predicted molar refractivity (Wildman–Crippen MR) is 118 cm³/mol. The summed E-state index contributed by atoms with van der Waals surface area (Å²) in [5.74, 6) is -1.86. The van der Waals surface area contributed by atoms with E-state index in [1.165, 1.54) is 25.2 Å². The fourth-order valence-electron chi connectivity index (χ4n) is 3.03. The van der Waals surface area contributed by atoms with Crippen molar-refractivity contribution >= 4 is 44.0 Å². The zero-order valence-corrected chi connectivity index (χ0v) is 18.0. The van der Waals surface area contributed by atoms with E-state index in [1.54, 1.807) is 23.6 Å². The number of nitrogens with zero attached hydrogens (tertiary/aromatic N) is 2. The highest BCUT2D eigenvalue weighted by atomic mass is 32.2. The number of carboxylic acid groups (broad SMARTS) is 1. The molecule has 0 bridgehead atoms. The number of aromatic nitrogens is 2. The van der Waals surface area contributed by atoms with Gasteiger partial charge in [-0.25, -0.2) is 13.2 Å². The van der Waals surface area contributed by atoms with Gasteiger partial charge in [-0.05, 0) is 34.4 Å². The van der Waals surface area contributed by atoms with Crippen LogP contribution in [0.5, 0.6) is 11.6 Å². The summed E-state index contributed by atoms with van der Waals surface area (Å²) in [6.45, 7) is 0. The molecular formula is C20H15N3O7S2. The fraction of sp³-hybridized carbons (Fsp3) is 0.0500. The van der Waals surface area contributed by atoms with Crippen LogP contribution >= 0.6 is 11.3 Å². The molecule has 4 rings (SSSR count). The first-order valence-electron chi connectivity index (χ1n) is 8.97. The molecule has 0 amide bonds.